The molecule has 0 saturated carbocycles. The van der Waals surface area contributed by atoms with Gasteiger partial charge in [0.25, 0.3) is 11.6 Å². The van der Waals surface area contributed by atoms with Crippen LogP contribution in [-0.2, 0) is 44.8 Å². The highest BCUT2D eigenvalue weighted by Crippen LogP contribution is 2.38. The number of rotatable bonds is 5. The standard InChI is InChI=1S/C16H16O4.C14H12O4/c1-2-18-15(17)16(19-10-11-20-16)14-9-5-7-12-6-3-4-8-13(12)14;15-13(16)14(17-8-9-18-14)12-7-3-5-10-4-1-2-6-11(10)12/h3-9H,2,10-11H2,1H3;1-7H,8-9H2,(H,15,16). The van der Waals surface area contributed by atoms with Gasteiger partial charge in [-0.15, -0.1) is 0 Å². The number of carbonyl (C=O) groups excluding carboxylic acids is 1. The molecule has 196 valence electrons. The predicted molar refractivity (Wildman–Crippen MR) is 139 cm³/mol. The molecule has 4 aromatic carbocycles. The van der Waals surface area contributed by atoms with Crippen molar-refractivity contribution in [3.63, 3.8) is 0 Å². The van der Waals surface area contributed by atoms with E-state index in [9.17, 15) is 14.7 Å². The van der Waals surface area contributed by atoms with Crippen molar-refractivity contribution in [1.29, 1.82) is 0 Å². The third kappa shape index (κ3) is 4.52. The molecule has 8 heteroatoms. The summed E-state index contributed by atoms with van der Waals surface area (Å²) in [6, 6.07) is 26.7. The average Bonchev–Trinajstić information content (AvgIpc) is 3.65. The minimum atomic E-state index is -1.67. The quantitative estimate of drug-likeness (QED) is 0.380. The highest BCUT2D eigenvalue weighted by atomic mass is 16.8. The smallest absolute Gasteiger partial charge is 0.372 e. The van der Waals surface area contributed by atoms with Crippen molar-refractivity contribution in [2.24, 2.45) is 0 Å². The number of aliphatic carboxylic acids is 1. The molecule has 2 aliphatic heterocycles. The van der Waals surface area contributed by atoms with Gasteiger partial charge in [0, 0.05) is 11.1 Å². The molecule has 2 saturated heterocycles. The van der Waals surface area contributed by atoms with E-state index in [4.69, 9.17) is 23.7 Å². The maximum Gasteiger partial charge on any atom is 0.372 e. The van der Waals surface area contributed by atoms with E-state index in [0.29, 0.717) is 24.3 Å². The molecule has 2 heterocycles. The summed E-state index contributed by atoms with van der Waals surface area (Å²) in [5, 5.41) is 13.2. The lowest BCUT2D eigenvalue weighted by Crippen LogP contribution is -2.38. The molecule has 8 nitrogen and oxygen atoms in total. The molecule has 6 rings (SSSR count). The van der Waals surface area contributed by atoms with Gasteiger partial charge >= 0.3 is 11.9 Å². The molecule has 0 radical (unpaired) electrons. The number of hydrogen-bond donors (Lipinski definition) is 1. The molecular weight excluding hydrogens is 488 g/mol. The lowest BCUT2D eigenvalue weighted by atomic mass is 9.98. The van der Waals surface area contributed by atoms with E-state index in [1.807, 2.05) is 78.9 Å². The van der Waals surface area contributed by atoms with Crippen molar-refractivity contribution >= 4 is 33.5 Å². The van der Waals surface area contributed by atoms with Crippen LogP contribution in [0, 0.1) is 0 Å². The fraction of sp³-hybridized carbons (Fsp3) is 0.267. The van der Waals surface area contributed by atoms with E-state index < -0.39 is 23.5 Å². The van der Waals surface area contributed by atoms with Crippen LogP contribution in [0.15, 0.2) is 84.9 Å². The fourth-order valence-corrected chi connectivity index (χ4v) is 4.85. The molecule has 2 fully saturated rings. The van der Waals surface area contributed by atoms with Gasteiger partial charge in [-0.2, -0.15) is 0 Å². The van der Waals surface area contributed by atoms with Crippen molar-refractivity contribution in [3.8, 4) is 0 Å². The van der Waals surface area contributed by atoms with Crippen LogP contribution < -0.4 is 0 Å². The first-order chi connectivity index (χ1) is 18.5. The molecule has 0 bridgehead atoms. The van der Waals surface area contributed by atoms with Crippen LogP contribution >= 0.6 is 0 Å². The van der Waals surface area contributed by atoms with Gasteiger partial charge in [-0.1, -0.05) is 84.9 Å². The van der Waals surface area contributed by atoms with Crippen LogP contribution in [0.25, 0.3) is 21.5 Å². The number of ether oxygens (including phenoxy) is 5. The van der Waals surface area contributed by atoms with Gasteiger partial charge in [0.15, 0.2) is 0 Å². The van der Waals surface area contributed by atoms with E-state index in [1.54, 1.807) is 13.0 Å². The van der Waals surface area contributed by atoms with E-state index in [0.717, 1.165) is 21.5 Å². The van der Waals surface area contributed by atoms with Gasteiger partial charge in [-0.25, -0.2) is 9.59 Å². The van der Waals surface area contributed by atoms with E-state index in [2.05, 4.69) is 0 Å². The van der Waals surface area contributed by atoms with Crippen molar-refractivity contribution in [3.05, 3.63) is 96.1 Å². The van der Waals surface area contributed by atoms with Crippen LogP contribution in [0.5, 0.6) is 0 Å². The summed E-state index contributed by atoms with van der Waals surface area (Å²) < 4.78 is 27.2. The second-order valence-electron chi connectivity index (χ2n) is 8.71. The number of carbonyl (C=O) groups is 2. The summed E-state index contributed by atoms with van der Waals surface area (Å²) in [7, 11) is 0. The van der Waals surface area contributed by atoms with Crippen molar-refractivity contribution in [2.45, 2.75) is 18.5 Å². The maximum absolute atomic E-state index is 12.3. The molecule has 0 amide bonds. The zero-order valence-electron chi connectivity index (χ0n) is 20.9. The summed E-state index contributed by atoms with van der Waals surface area (Å²) in [5.41, 5.74) is 1.25. The molecule has 0 atom stereocenters. The van der Waals surface area contributed by atoms with Gasteiger partial charge in [0.1, 0.15) is 0 Å². The van der Waals surface area contributed by atoms with Gasteiger partial charge in [0.2, 0.25) is 0 Å². The zero-order chi connectivity index (χ0) is 26.6. The number of fused-ring (bicyclic) bond motifs is 2. The van der Waals surface area contributed by atoms with Gasteiger partial charge in [0.05, 0.1) is 33.0 Å². The Morgan fingerprint density at radius 2 is 1.11 bits per heavy atom. The number of carboxylic acids is 1. The molecule has 1 N–H and O–H groups in total. The summed E-state index contributed by atoms with van der Waals surface area (Å²) >= 11 is 0. The predicted octanol–water partition coefficient (Wildman–Crippen LogP) is 4.73. The minimum absolute atomic E-state index is 0.287. The maximum atomic E-state index is 12.3. The largest absolute Gasteiger partial charge is 0.477 e. The first-order valence-electron chi connectivity index (χ1n) is 12.4. The summed E-state index contributed by atoms with van der Waals surface area (Å²) in [6.07, 6.45) is 0. The van der Waals surface area contributed by atoms with Crippen molar-refractivity contribution in [2.75, 3.05) is 33.0 Å². The second kappa shape index (κ2) is 10.9. The molecular formula is C30H28O8. The number of benzene rings is 4. The first-order valence-corrected chi connectivity index (χ1v) is 12.4. The van der Waals surface area contributed by atoms with Gasteiger partial charge in [-0.3, -0.25) is 0 Å². The van der Waals surface area contributed by atoms with Crippen LogP contribution in [0.4, 0.5) is 0 Å². The first kappa shape index (κ1) is 25.8. The number of carboxylic acid groups (broad SMARTS) is 1. The van der Waals surface area contributed by atoms with Crippen molar-refractivity contribution < 1.29 is 38.4 Å². The Morgan fingerprint density at radius 3 is 1.58 bits per heavy atom. The highest BCUT2D eigenvalue weighted by Gasteiger charge is 2.49. The third-order valence-corrected chi connectivity index (χ3v) is 6.50. The molecule has 0 aliphatic carbocycles. The molecule has 0 aromatic heterocycles. The Kier molecular flexibility index (Phi) is 7.40. The number of hydrogen-bond acceptors (Lipinski definition) is 7. The van der Waals surface area contributed by atoms with Crippen LogP contribution in [0.2, 0.25) is 0 Å². The Balaban J connectivity index is 0.000000156. The third-order valence-electron chi connectivity index (χ3n) is 6.50. The Bertz CT molecular complexity index is 1440. The van der Waals surface area contributed by atoms with E-state index in [-0.39, 0.29) is 19.8 Å². The van der Waals surface area contributed by atoms with Crippen molar-refractivity contribution in [1.82, 2.24) is 0 Å². The molecule has 2 aliphatic rings. The minimum Gasteiger partial charge on any atom is -0.477 e. The normalized spacial score (nSPS) is 17.6. The van der Waals surface area contributed by atoms with E-state index >= 15 is 0 Å². The number of esters is 1. The molecule has 4 aromatic rings. The van der Waals surface area contributed by atoms with Gasteiger partial charge < -0.3 is 28.8 Å². The Morgan fingerprint density at radius 1 is 0.684 bits per heavy atom. The molecule has 0 spiro atoms. The zero-order valence-corrected chi connectivity index (χ0v) is 20.9. The summed E-state index contributed by atoms with van der Waals surface area (Å²) in [4.78, 5) is 23.9. The lowest BCUT2D eigenvalue weighted by molar-refractivity contribution is -0.210. The second-order valence-corrected chi connectivity index (χ2v) is 8.71. The molecule has 38 heavy (non-hydrogen) atoms. The molecule has 0 unspecified atom stereocenters. The highest BCUT2D eigenvalue weighted by molar-refractivity contribution is 5.93. The Labute approximate surface area is 219 Å². The van der Waals surface area contributed by atoms with Crippen LogP contribution in [0.1, 0.15) is 18.1 Å². The topological polar surface area (TPSA) is 101 Å². The average molecular weight is 517 g/mol. The summed E-state index contributed by atoms with van der Waals surface area (Å²) in [6.45, 7) is 3.39. The van der Waals surface area contributed by atoms with Crippen LogP contribution in [-0.4, -0.2) is 50.1 Å². The van der Waals surface area contributed by atoms with Crippen LogP contribution in [0.3, 0.4) is 0 Å². The SMILES string of the molecule is CCOC(=O)C1(c2cccc3ccccc23)OCCO1.O=C(O)C1(c2cccc3ccccc23)OCCO1. The monoisotopic (exact) mass is 516 g/mol. The van der Waals surface area contributed by atoms with E-state index in [1.165, 1.54) is 0 Å². The lowest BCUT2D eigenvalue weighted by Gasteiger charge is -2.26. The fourth-order valence-electron chi connectivity index (χ4n) is 4.85. The summed E-state index contributed by atoms with van der Waals surface area (Å²) in [5.74, 6) is -4.71. The van der Waals surface area contributed by atoms with Gasteiger partial charge in [-0.05, 0) is 28.5 Å². The Hall–Kier alpha value is -3.82.